The number of thiazole rings is 1. The van der Waals surface area contributed by atoms with Crippen LogP contribution in [0.1, 0.15) is 29.3 Å². The molecule has 0 atom stereocenters. The quantitative estimate of drug-likeness (QED) is 0.580. The zero-order valence-corrected chi connectivity index (χ0v) is 19.3. The molecule has 0 aliphatic heterocycles. The van der Waals surface area contributed by atoms with Crippen LogP contribution in [0.3, 0.4) is 0 Å². The Morgan fingerprint density at radius 3 is 2.40 bits per heavy atom. The molecule has 0 bridgehead atoms. The van der Waals surface area contributed by atoms with Gasteiger partial charge in [0.15, 0.2) is 4.80 Å². The third kappa shape index (κ3) is 4.05. The van der Waals surface area contributed by atoms with Gasteiger partial charge in [0, 0.05) is 26.2 Å². The number of sulfonamides is 1. The zero-order chi connectivity index (χ0) is 22.1. The average Bonchev–Trinajstić information content (AvgIpc) is 3.07. The zero-order valence-electron chi connectivity index (χ0n) is 17.7. The Bertz CT molecular complexity index is 1250. The molecule has 1 aromatic heterocycles. The molecule has 0 saturated heterocycles. The highest BCUT2D eigenvalue weighted by Crippen LogP contribution is 2.30. The Morgan fingerprint density at radius 1 is 1.17 bits per heavy atom. The molecule has 0 fully saturated rings. The van der Waals surface area contributed by atoms with Crippen LogP contribution in [0.5, 0.6) is 5.75 Å². The predicted octanol–water partition coefficient (Wildman–Crippen LogP) is 3.42. The number of amides is 1. The number of aromatic nitrogens is 1. The van der Waals surface area contributed by atoms with Crippen LogP contribution in [-0.4, -0.2) is 44.4 Å². The van der Waals surface area contributed by atoms with E-state index in [4.69, 9.17) is 4.74 Å². The van der Waals surface area contributed by atoms with Gasteiger partial charge in [-0.25, -0.2) is 12.7 Å². The standard InChI is InChI=1S/C21H25N3O4S2/c1-6-13-24-18-17(28-5)12-7-14(2)19(18)29-21(24)22-20(25)15-8-10-16(11-9-15)30(26,27)23(3)4/h7-12H,6,13H2,1-5H3. The van der Waals surface area contributed by atoms with Gasteiger partial charge in [0.2, 0.25) is 10.0 Å². The van der Waals surface area contributed by atoms with Crippen LogP contribution >= 0.6 is 11.3 Å². The molecule has 2 aromatic carbocycles. The highest BCUT2D eigenvalue weighted by molar-refractivity contribution is 7.89. The fraction of sp³-hybridized carbons (Fsp3) is 0.333. The van der Waals surface area contributed by atoms with E-state index in [1.807, 2.05) is 23.6 Å². The Morgan fingerprint density at radius 2 is 1.83 bits per heavy atom. The summed E-state index contributed by atoms with van der Waals surface area (Å²) in [7, 11) is 1.01. The summed E-state index contributed by atoms with van der Waals surface area (Å²) in [6.07, 6.45) is 0.876. The number of aryl methyl sites for hydroxylation is 2. The molecule has 0 saturated carbocycles. The van der Waals surface area contributed by atoms with Crippen LogP contribution in [0.2, 0.25) is 0 Å². The molecule has 0 aliphatic rings. The number of hydrogen-bond acceptors (Lipinski definition) is 5. The average molecular weight is 448 g/mol. The van der Waals surface area contributed by atoms with E-state index in [0.29, 0.717) is 16.9 Å². The number of carbonyl (C=O) groups is 1. The van der Waals surface area contributed by atoms with Crippen molar-refractivity contribution in [2.45, 2.75) is 31.7 Å². The monoisotopic (exact) mass is 447 g/mol. The summed E-state index contributed by atoms with van der Waals surface area (Å²) in [5.74, 6) is 0.323. The number of methoxy groups -OCH3 is 1. The van der Waals surface area contributed by atoms with Gasteiger partial charge in [-0.05, 0) is 49.2 Å². The Hall–Kier alpha value is -2.49. The summed E-state index contributed by atoms with van der Waals surface area (Å²) >= 11 is 1.45. The van der Waals surface area contributed by atoms with E-state index in [1.54, 1.807) is 7.11 Å². The number of carbonyl (C=O) groups excluding carboxylic acids is 1. The molecule has 0 spiro atoms. The van der Waals surface area contributed by atoms with Crippen molar-refractivity contribution in [1.29, 1.82) is 0 Å². The van der Waals surface area contributed by atoms with Crippen LogP contribution in [0, 0.1) is 6.92 Å². The summed E-state index contributed by atoms with van der Waals surface area (Å²) in [6, 6.07) is 9.75. The lowest BCUT2D eigenvalue weighted by molar-refractivity contribution is 0.0997. The molecular weight excluding hydrogens is 422 g/mol. The van der Waals surface area contributed by atoms with E-state index >= 15 is 0 Å². The van der Waals surface area contributed by atoms with Crippen molar-refractivity contribution < 1.29 is 17.9 Å². The van der Waals surface area contributed by atoms with Crippen LogP contribution in [-0.2, 0) is 16.6 Å². The third-order valence-corrected chi connectivity index (χ3v) is 7.77. The molecule has 3 aromatic rings. The van der Waals surface area contributed by atoms with Gasteiger partial charge in [-0.15, -0.1) is 0 Å². The lowest BCUT2D eigenvalue weighted by atomic mass is 10.2. The van der Waals surface area contributed by atoms with Crippen LogP contribution in [0.25, 0.3) is 10.2 Å². The summed E-state index contributed by atoms with van der Waals surface area (Å²) in [5, 5.41) is 0. The van der Waals surface area contributed by atoms with Crippen LogP contribution in [0.15, 0.2) is 46.3 Å². The molecule has 0 aliphatic carbocycles. The minimum atomic E-state index is -3.55. The highest BCUT2D eigenvalue weighted by Gasteiger charge is 2.18. The van der Waals surface area contributed by atoms with E-state index in [0.717, 1.165) is 32.3 Å². The normalized spacial score (nSPS) is 12.7. The molecule has 1 amide bonds. The summed E-state index contributed by atoms with van der Waals surface area (Å²) in [4.78, 5) is 17.9. The van der Waals surface area contributed by atoms with Gasteiger partial charge in [0.05, 0.1) is 16.7 Å². The lowest BCUT2D eigenvalue weighted by Gasteiger charge is -2.11. The minimum absolute atomic E-state index is 0.132. The minimum Gasteiger partial charge on any atom is -0.495 e. The molecule has 9 heteroatoms. The molecule has 7 nitrogen and oxygen atoms in total. The number of fused-ring (bicyclic) bond motifs is 1. The Labute approximate surface area is 180 Å². The predicted molar refractivity (Wildman–Crippen MR) is 119 cm³/mol. The van der Waals surface area contributed by atoms with Gasteiger partial charge in [0.1, 0.15) is 11.3 Å². The molecule has 30 heavy (non-hydrogen) atoms. The van der Waals surface area contributed by atoms with Gasteiger partial charge in [-0.1, -0.05) is 24.3 Å². The molecule has 1 heterocycles. The lowest BCUT2D eigenvalue weighted by Crippen LogP contribution is -2.22. The molecule has 0 unspecified atom stereocenters. The maximum atomic E-state index is 12.8. The number of rotatable bonds is 6. The molecule has 0 N–H and O–H groups in total. The topological polar surface area (TPSA) is 81.0 Å². The summed E-state index contributed by atoms with van der Waals surface area (Å²) in [5.41, 5.74) is 2.35. The fourth-order valence-corrected chi connectivity index (χ4v) is 5.13. The van der Waals surface area contributed by atoms with E-state index in [-0.39, 0.29) is 4.90 Å². The van der Waals surface area contributed by atoms with Crippen LogP contribution in [0.4, 0.5) is 0 Å². The van der Waals surface area contributed by atoms with E-state index < -0.39 is 15.9 Å². The van der Waals surface area contributed by atoms with Crippen molar-refractivity contribution in [3.8, 4) is 5.75 Å². The van der Waals surface area contributed by atoms with E-state index in [1.165, 1.54) is 49.7 Å². The number of benzene rings is 2. The summed E-state index contributed by atoms with van der Waals surface area (Å²) in [6.45, 7) is 4.78. The number of hydrogen-bond donors (Lipinski definition) is 0. The van der Waals surface area contributed by atoms with Crippen molar-refractivity contribution in [1.82, 2.24) is 8.87 Å². The highest BCUT2D eigenvalue weighted by atomic mass is 32.2. The van der Waals surface area contributed by atoms with Crippen molar-refractivity contribution >= 4 is 37.5 Å². The summed E-state index contributed by atoms with van der Waals surface area (Å²) < 4.78 is 34.1. The first-order valence-corrected chi connectivity index (χ1v) is 11.7. The van der Waals surface area contributed by atoms with Gasteiger partial charge in [0.25, 0.3) is 5.91 Å². The second-order valence-electron chi connectivity index (χ2n) is 7.03. The first-order chi connectivity index (χ1) is 14.2. The van der Waals surface area contributed by atoms with Crippen molar-refractivity contribution in [3.05, 3.63) is 52.3 Å². The Kier molecular flexibility index (Phi) is 6.44. The molecule has 3 rings (SSSR count). The van der Waals surface area contributed by atoms with Gasteiger partial charge in [-0.3, -0.25) is 4.79 Å². The van der Waals surface area contributed by atoms with Crippen molar-refractivity contribution in [2.24, 2.45) is 4.99 Å². The maximum absolute atomic E-state index is 12.8. The largest absolute Gasteiger partial charge is 0.495 e. The van der Waals surface area contributed by atoms with E-state index in [2.05, 4.69) is 11.9 Å². The van der Waals surface area contributed by atoms with Gasteiger partial charge >= 0.3 is 0 Å². The number of ether oxygens (including phenoxy) is 1. The SMILES string of the molecule is CCCn1c(=NC(=O)c2ccc(S(=O)(=O)N(C)C)cc2)sc2c(C)ccc(OC)c21. The molecular formula is C21H25N3O4S2. The third-order valence-electron chi connectivity index (χ3n) is 4.73. The maximum Gasteiger partial charge on any atom is 0.279 e. The Balaban J connectivity index is 2.09. The van der Waals surface area contributed by atoms with Crippen LogP contribution < -0.4 is 9.54 Å². The van der Waals surface area contributed by atoms with Crippen molar-refractivity contribution in [2.75, 3.05) is 21.2 Å². The smallest absolute Gasteiger partial charge is 0.279 e. The van der Waals surface area contributed by atoms with Gasteiger partial charge in [-0.2, -0.15) is 4.99 Å². The molecule has 0 radical (unpaired) electrons. The van der Waals surface area contributed by atoms with Gasteiger partial charge < -0.3 is 9.30 Å². The molecule has 160 valence electrons. The fourth-order valence-electron chi connectivity index (χ4n) is 3.09. The first kappa shape index (κ1) is 22.2. The first-order valence-electron chi connectivity index (χ1n) is 9.49. The number of nitrogens with zero attached hydrogens (tertiary/aromatic N) is 3. The van der Waals surface area contributed by atoms with Crippen molar-refractivity contribution in [3.63, 3.8) is 0 Å². The second-order valence-corrected chi connectivity index (χ2v) is 10.2. The second kappa shape index (κ2) is 8.71. The van der Waals surface area contributed by atoms with E-state index in [9.17, 15) is 13.2 Å².